The van der Waals surface area contributed by atoms with E-state index in [1.165, 1.54) is 18.2 Å². The Morgan fingerprint density at radius 1 is 0.571 bits per heavy atom. The van der Waals surface area contributed by atoms with Gasteiger partial charge in [-0.15, -0.1) is 10.2 Å². The Labute approximate surface area is 200 Å². The first-order valence-electron chi connectivity index (χ1n) is 10.7. The van der Waals surface area contributed by atoms with Crippen molar-refractivity contribution in [2.45, 2.75) is 0 Å². The van der Waals surface area contributed by atoms with Gasteiger partial charge in [-0.25, -0.2) is 9.59 Å². The number of rotatable bonds is 6. The zero-order chi connectivity index (χ0) is 24.4. The van der Waals surface area contributed by atoms with Gasteiger partial charge in [0.05, 0.1) is 11.1 Å². The molecule has 5 rings (SSSR count). The van der Waals surface area contributed by atoms with Gasteiger partial charge in [0.2, 0.25) is 11.8 Å². The van der Waals surface area contributed by atoms with Crippen molar-refractivity contribution in [1.82, 2.24) is 10.2 Å². The van der Waals surface area contributed by atoms with Crippen LogP contribution in [0.2, 0.25) is 0 Å². The second-order valence-electron chi connectivity index (χ2n) is 7.74. The normalized spacial score (nSPS) is 10.7. The van der Waals surface area contributed by atoms with Gasteiger partial charge >= 0.3 is 11.9 Å². The molecule has 1 heterocycles. The SMILES string of the molecule is O=C(O)c1ccc(-c2nnc(-c3ccc(C(=O)O)c(-c4ccccc4)c3-c3ccccc3)o2)cc1. The Kier molecular flexibility index (Phi) is 5.65. The largest absolute Gasteiger partial charge is 0.478 e. The average molecular weight is 462 g/mol. The van der Waals surface area contributed by atoms with Crippen LogP contribution in [0.25, 0.3) is 45.2 Å². The molecule has 7 heteroatoms. The van der Waals surface area contributed by atoms with Gasteiger partial charge in [-0.3, -0.25) is 0 Å². The molecule has 0 aliphatic carbocycles. The lowest BCUT2D eigenvalue weighted by atomic mass is 9.87. The quantitative estimate of drug-likeness (QED) is 0.312. The van der Waals surface area contributed by atoms with Gasteiger partial charge in [0.15, 0.2) is 0 Å². The topological polar surface area (TPSA) is 114 Å². The highest BCUT2D eigenvalue weighted by Gasteiger charge is 2.24. The number of hydrogen-bond acceptors (Lipinski definition) is 5. The summed E-state index contributed by atoms with van der Waals surface area (Å²) in [4.78, 5) is 23.3. The molecule has 0 aliphatic heterocycles. The molecule has 0 unspecified atom stereocenters. The highest BCUT2D eigenvalue weighted by Crippen LogP contribution is 2.42. The van der Waals surface area contributed by atoms with E-state index in [1.54, 1.807) is 18.2 Å². The number of aromatic carboxylic acids is 2. The summed E-state index contributed by atoms with van der Waals surface area (Å²) in [5.41, 5.74) is 4.21. The van der Waals surface area contributed by atoms with E-state index in [-0.39, 0.29) is 22.9 Å². The predicted molar refractivity (Wildman–Crippen MR) is 130 cm³/mol. The number of carboxylic acids is 2. The Hall–Kier alpha value is -5.04. The van der Waals surface area contributed by atoms with Crippen LogP contribution >= 0.6 is 0 Å². The molecule has 0 saturated heterocycles. The molecule has 1 aromatic heterocycles. The van der Waals surface area contributed by atoms with Crippen molar-refractivity contribution in [3.8, 4) is 45.2 Å². The maximum atomic E-state index is 12.2. The molecule has 0 spiro atoms. The predicted octanol–water partition coefficient (Wildman–Crippen LogP) is 6.13. The third-order valence-corrected chi connectivity index (χ3v) is 5.59. The van der Waals surface area contributed by atoms with Crippen LogP contribution in [0.5, 0.6) is 0 Å². The fraction of sp³-hybridized carbons (Fsp3) is 0. The van der Waals surface area contributed by atoms with E-state index < -0.39 is 11.9 Å². The molecular weight excluding hydrogens is 444 g/mol. The van der Waals surface area contributed by atoms with Crippen molar-refractivity contribution >= 4 is 11.9 Å². The zero-order valence-electron chi connectivity index (χ0n) is 18.3. The van der Waals surface area contributed by atoms with Crippen LogP contribution in [0, 0.1) is 0 Å². The number of hydrogen-bond donors (Lipinski definition) is 2. The van der Waals surface area contributed by atoms with Gasteiger partial charge in [0, 0.05) is 22.3 Å². The first kappa shape index (κ1) is 21.8. The molecule has 35 heavy (non-hydrogen) atoms. The fourth-order valence-corrected chi connectivity index (χ4v) is 3.97. The summed E-state index contributed by atoms with van der Waals surface area (Å²) >= 11 is 0. The van der Waals surface area contributed by atoms with Crippen LogP contribution in [0.15, 0.2) is 101 Å². The number of nitrogens with zero attached hydrogens (tertiary/aromatic N) is 2. The third-order valence-electron chi connectivity index (χ3n) is 5.59. The minimum Gasteiger partial charge on any atom is -0.478 e. The van der Waals surface area contributed by atoms with Crippen molar-refractivity contribution in [2.75, 3.05) is 0 Å². The summed E-state index contributed by atoms with van der Waals surface area (Å²) in [7, 11) is 0. The van der Waals surface area contributed by atoms with Crippen LogP contribution in [-0.2, 0) is 0 Å². The van der Waals surface area contributed by atoms with E-state index in [9.17, 15) is 14.7 Å². The fourth-order valence-electron chi connectivity index (χ4n) is 3.97. The van der Waals surface area contributed by atoms with Gasteiger partial charge in [0.25, 0.3) is 0 Å². The highest BCUT2D eigenvalue weighted by atomic mass is 16.4. The van der Waals surface area contributed by atoms with Gasteiger partial charge in [-0.2, -0.15) is 0 Å². The Morgan fingerprint density at radius 2 is 1.14 bits per heavy atom. The van der Waals surface area contributed by atoms with Gasteiger partial charge in [-0.1, -0.05) is 60.7 Å². The maximum Gasteiger partial charge on any atom is 0.336 e. The van der Waals surface area contributed by atoms with E-state index in [1.807, 2.05) is 60.7 Å². The minimum atomic E-state index is -1.04. The Bertz CT molecular complexity index is 1530. The van der Waals surface area contributed by atoms with Crippen molar-refractivity contribution in [2.24, 2.45) is 0 Å². The summed E-state index contributed by atoms with van der Waals surface area (Å²) in [6.07, 6.45) is 0. The second-order valence-corrected chi connectivity index (χ2v) is 7.74. The van der Waals surface area contributed by atoms with Crippen molar-refractivity contribution in [3.05, 3.63) is 108 Å². The smallest absolute Gasteiger partial charge is 0.336 e. The summed E-state index contributed by atoms with van der Waals surface area (Å²) < 4.78 is 5.99. The highest BCUT2D eigenvalue weighted by molar-refractivity contribution is 6.04. The summed E-state index contributed by atoms with van der Waals surface area (Å²) in [5.74, 6) is -1.63. The first-order valence-corrected chi connectivity index (χ1v) is 10.7. The molecule has 0 fully saturated rings. The van der Waals surface area contributed by atoms with E-state index >= 15 is 0 Å². The van der Waals surface area contributed by atoms with E-state index in [0.29, 0.717) is 22.3 Å². The Balaban J connectivity index is 1.72. The molecule has 0 amide bonds. The van der Waals surface area contributed by atoms with Gasteiger partial charge in [0.1, 0.15) is 0 Å². The number of carbonyl (C=O) groups is 2. The van der Waals surface area contributed by atoms with Crippen LogP contribution < -0.4 is 0 Å². The lowest BCUT2D eigenvalue weighted by Gasteiger charge is -2.16. The van der Waals surface area contributed by atoms with Crippen molar-refractivity contribution in [1.29, 1.82) is 0 Å². The lowest BCUT2D eigenvalue weighted by Crippen LogP contribution is -2.03. The van der Waals surface area contributed by atoms with Crippen LogP contribution in [-0.4, -0.2) is 32.3 Å². The van der Waals surface area contributed by atoms with Gasteiger partial charge in [-0.05, 0) is 47.5 Å². The molecule has 2 N–H and O–H groups in total. The molecule has 7 nitrogen and oxygen atoms in total. The molecular formula is C28H18N2O5. The number of benzene rings is 4. The molecule has 5 aromatic rings. The van der Waals surface area contributed by atoms with E-state index in [0.717, 1.165) is 11.1 Å². The maximum absolute atomic E-state index is 12.2. The van der Waals surface area contributed by atoms with E-state index in [4.69, 9.17) is 9.52 Å². The van der Waals surface area contributed by atoms with Crippen LogP contribution in [0.3, 0.4) is 0 Å². The molecule has 0 bridgehead atoms. The standard InChI is InChI=1S/C28H18N2O5/c31-27(32)20-13-11-19(12-14-20)25-29-30-26(35-25)21-15-16-22(28(33)34)24(18-9-5-2-6-10-18)23(21)17-7-3-1-4-8-17/h1-16H,(H,31,32)(H,33,34). The van der Waals surface area contributed by atoms with Crippen LogP contribution in [0.4, 0.5) is 0 Å². The summed E-state index contributed by atoms with van der Waals surface area (Å²) in [6.45, 7) is 0. The first-order chi connectivity index (χ1) is 17.0. The number of carboxylic acid groups (broad SMARTS) is 2. The number of aromatic nitrogens is 2. The minimum absolute atomic E-state index is 0.150. The van der Waals surface area contributed by atoms with Crippen molar-refractivity contribution in [3.63, 3.8) is 0 Å². The summed E-state index contributed by atoms with van der Waals surface area (Å²) in [6, 6.07) is 28.1. The average Bonchev–Trinajstić information content (AvgIpc) is 3.39. The molecule has 0 aliphatic rings. The molecule has 0 radical (unpaired) electrons. The second kappa shape index (κ2) is 9.07. The summed E-state index contributed by atoms with van der Waals surface area (Å²) in [5, 5.41) is 27.5. The molecule has 0 saturated carbocycles. The monoisotopic (exact) mass is 462 g/mol. The molecule has 170 valence electrons. The molecule has 0 atom stereocenters. The van der Waals surface area contributed by atoms with Crippen LogP contribution in [0.1, 0.15) is 20.7 Å². The molecule has 4 aromatic carbocycles. The van der Waals surface area contributed by atoms with E-state index in [2.05, 4.69) is 10.2 Å². The third kappa shape index (κ3) is 4.18. The van der Waals surface area contributed by atoms with Crippen molar-refractivity contribution < 1.29 is 24.2 Å². The zero-order valence-corrected chi connectivity index (χ0v) is 18.3. The van der Waals surface area contributed by atoms with Gasteiger partial charge < -0.3 is 14.6 Å². The lowest BCUT2D eigenvalue weighted by molar-refractivity contribution is 0.0686. The Morgan fingerprint density at radius 3 is 1.71 bits per heavy atom.